The van der Waals surface area contributed by atoms with Crippen molar-refractivity contribution in [3.63, 3.8) is 0 Å². The second-order valence-electron chi connectivity index (χ2n) is 4.96. The molecule has 1 aliphatic heterocycles. The van der Waals surface area contributed by atoms with E-state index in [9.17, 15) is 10.1 Å². The lowest BCUT2D eigenvalue weighted by molar-refractivity contribution is -0.401. The van der Waals surface area contributed by atoms with Crippen LogP contribution in [-0.4, -0.2) is 45.2 Å². The second-order valence-corrected chi connectivity index (χ2v) is 4.96. The summed E-state index contributed by atoms with van der Waals surface area (Å²) in [6.07, 6.45) is 3.94. The topological polar surface area (TPSA) is 101 Å². The molecule has 0 aliphatic carbocycles. The van der Waals surface area contributed by atoms with Crippen molar-refractivity contribution < 1.29 is 9.34 Å². The summed E-state index contributed by atoms with van der Waals surface area (Å²) >= 11 is 0. The quantitative estimate of drug-likeness (QED) is 0.660. The summed E-state index contributed by atoms with van der Waals surface area (Å²) < 4.78 is 5.12. The molecule has 1 aliphatic rings. The van der Waals surface area contributed by atoms with E-state index in [0.717, 1.165) is 13.1 Å². The summed E-state index contributed by atoms with van der Waals surface area (Å²) in [5.74, 6) is 0.830. The number of hydrogen-bond donors (Lipinski definition) is 1. The minimum absolute atomic E-state index is 0.263. The van der Waals surface area contributed by atoms with E-state index in [1.54, 1.807) is 12.3 Å². The highest BCUT2D eigenvalue weighted by atomic mass is 16.6. The molecule has 0 radical (unpaired) electrons. The van der Waals surface area contributed by atoms with Crippen molar-refractivity contribution in [3.05, 3.63) is 34.5 Å². The number of hydrazine groups is 2. The van der Waals surface area contributed by atoms with Gasteiger partial charge in [0.15, 0.2) is 11.6 Å². The number of nitro groups is 1. The van der Waals surface area contributed by atoms with Crippen LogP contribution < -0.4 is 5.43 Å². The molecule has 2 aromatic heterocycles. The Morgan fingerprint density at radius 1 is 1.36 bits per heavy atom. The first-order chi connectivity index (χ1) is 10.6. The van der Waals surface area contributed by atoms with E-state index in [4.69, 9.17) is 4.42 Å². The van der Waals surface area contributed by atoms with Crippen molar-refractivity contribution in [2.75, 3.05) is 25.6 Å². The molecule has 116 valence electrons. The molecule has 9 heteroatoms. The Labute approximate surface area is 126 Å². The average Bonchev–Trinajstić information content (AvgIpc) is 3.19. The summed E-state index contributed by atoms with van der Waals surface area (Å²) in [4.78, 5) is 18.5. The predicted molar refractivity (Wildman–Crippen MR) is 78.6 cm³/mol. The van der Waals surface area contributed by atoms with Gasteiger partial charge in [-0.15, -0.1) is 0 Å². The SMILES string of the molecule is CN(Nc1ccnc(-c2ccc([N+](=O)[O-])o2)n1)N1CCCC1. The number of nitrogens with zero attached hydrogens (tertiary/aromatic N) is 5. The summed E-state index contributed by atoms with van der Waals surface area (Å²) in [5, 5.41) is 14.7. The van der Waals surface area contributed by atoms with Crippen LogP contribution in [0.25, 0.3) is 11.6 Å². The van der Waals surface area contributed by atoms with E-state index in [1.807, 2.05) is 12.2 Å². The molecule has 1 fully saturated rings. The third kappa shape index (κ3) is 3.05. The monoisotopic (exact) mass is 304 g/mol. The Morgan fingerprint density at radius 3 is 2.82 bits per heavy atom. The maximum Gasteiger partial charge on any atom is 0.433 e. The maximum absolute atomic E-state index is 10.7. The van der Waals surface area contributed by atoms with Crippen LogP contribution in [0.4, 0.5) is 11.7 Å². The molecule has 9 nitrogen and oxygen atoms in total. The Bertz CT molecular complexity index is 667. The molecule has 3 heterocycles. The molecular formula is C13H16N6O3. The summed E-state index contributed by atoms with van der Waals surface area (Å²) in [7, 11) is 1.92. The molecule has 22 heavy (non-hydrogen) atoms. The van der Waals surface area contributed by atoms with Crippen molar-refractivity contribution in [2.45, 2.75) is 12.8 Å². The van der Waals surface area contributed by atoms with E-state index in [2.05, 4.69) is 20.4 Å². The van der Waals surface area contributed by atoms with Crippen LogP contribution in [0.15, 0.2) is 28.8 Å². The van der Waals surface area contributed by atoms with Gasteiger partial charge in [0.1, 0.15) is 10.7 Å². The molecule has 0 amide bonds. The highest BCUT2D eigenvalue weighted by Crippen LogP contribution is 2.24. The van der Waals surface area contributed by atoms with Gasteiger partial charge < -0.3 is 4.42 Å². The lowest BCUT2D eigenvalue weighted by atomic mass is 10.4. The second kappa shape index (κ2) is 6.08. The van der Waals surface area contributed by atoms with Gasteiger partial charge in [0, 0.05) is 32.4 Å². The molecule has 0 aromatic carbocycles. The van der Waals surface area contributed by atoms with E-state index >= 15 is 0 Å². The lowest BCUT2D eigenvalue weighted by Gasteiger charge is -2.28. The molecule has 0 spiro atoms. The van der Waals surface area contributed by atoms with Crippen LogP contribution in [0.3, 0.4) is 0 Å². The van der Waals surface area contributed by atoms with Gasteiger partial charge >= 0.3 is 5.88 Å². The van der Waals surface area contributed by atoms with Crippen LogP contribution in [0, 0.1) is 10.1 Å². The zero-order valence-electron chi connectivity index (χ0n) is 12.1. The fraction of sp³-hybridized carbons (Fsp3) is 0.385. The highest BCUT2D eigenvalue weighted by molar-refractivity contribution is 5.51. The first kappa shape index (κ1) is 14.4. The third-order valence-corrected chi connectivity index (χ3v) is 3.43. The molecule has 1 saturated heterocycles. The van der Waals surface area contributed by atoms with Crippen molar-refractivity contribution >= 4 is 11.7 Å². The highest BCUT2D eigenvalue weighted by Gasteiger charge is 2.18. The van der Waals surface area contributed by atoms with Crippen molar-refractivity contribution in [1.29, 1.82) is 0 Å². The maximum atomic E-state index is 10.7. The molecule has 2 aromatic rings. The van der Waals surface area contributed by atoms with E-state index < -0.39 is 4.92 Å². The van der Waals surface area contributed by atoms with Crippen LogP contribution in [0.5, 0.6) is 0 Å². The number of anilines is 1. The minimum atomic E-state index is -0.591. The Morgan fingerprint density at radius 2 is 2.14 bits per heavy atom. The lowest BCUT2D eigenvalue weighted by Crippen LogP contribution is -2.41. The van der Waals surface area contributed by atoms with Crippen molar-refractivity contribution in [1.82, 2.24) is 20.1 Å². The first-order valence-electron chi connectivity index (χ1n) is 6.96. The largest absolute Gasteiger partial charge is 0.433 e. The van der Waals surface area contributed by atoms with Gasteiger partial charge in [-0.05, 0) is 18.9 Å². The van der Waals surface area contributed by atoms with Gasteiger partial charge in [-0.1, -0.05) is 0 Å². The zero-order chi connectivity index (χ0) is 15.5. The fourth-order valence-corrected chi connectivity index (χ4v) is 2.32. The molecular weight excluding hydrogens is 288 g/mol. The van der Waals surface area contributed by atoms with Gasteiger partial charge in [-0.3, -0.25) is 15.5 Å². The number of hydrogen-bond acceptors (Lipinski definition) is 8. The number of furan rings is 1. The Kier molecular flexibility index (Phi) is 3.98. The van der Waals surface area contributed by atoms with Crippen LogP contribution in [0.1, 0.15) is 12.8 Å². The number of rotatable bonds is 5. The van der Waals surface area contributed by atoms with Gasteiger partial charge in [0.25, 0.3) is 0 Å². The molecule has 3 rings (SSSR count). The van der Waals surface area contributed by atoms with Gasteiger partial charge in [-0.25, -0.2) is 15.0 Å². The molecule has 0 atom stereocenters. The molecule has 0 bridgehead atoms. The molecule has 1 N–H and O–H groups in total. The Balaban J connectivity index is 1.75. The summed E-state index contributed by atoms with van der Waals surface area (Å²) in [5.41, 5.74) is 3.16. The summed E-state index contributed by atoms with van der Waals surface area (Å²) in [6, 6.07) is 4.50. The van der Waals surface area contributed by atoms with Crippen molar-refractivity contribution in [3.8, 4) is 11.6 Å². The third-order valence-electron chi connectivity index (χ3n) is 3.43. The fourth-order valence-electron chi connectivity index (χ4n) is 2.32. The van der Waals surface area contributed by atoms with Crippen LogP contribution in [-0.2, 0) is 0 Å². The minimum Gasteiger partial charge on any atom is -0.397 e. The Hall–Kier alpha value is -2.52. The average molecular weight is 304 g/mol. The predicted octanol–water partition coefficient (Wildman–Crippen LogP) is 1.91. The zero-order valence-corrected chi connectivity index (χ0v) is 12.1. The van der Waals surface area contributed by atoms with Gasteiger partial charge in [0.05, 0.1) is 6.07 Å². The standard InChI is InChI=1S/C13H16N6O3/c1-17(18-8-2-3-9-18)16-11-6-7-14-13(15-11)10-4-5-12(22-10)19(20)21/h4-7H,2-3,8-9H2,1H3,(H,14,15,16). The molecule has 0 unspecified atom stereocenters. The molecule has 0 saturated carbocycles. The van der Waals surface area contributed by atoms with Crippen LogP contribution >= 0.6 is 0 Å². The van der Waals surface area contributed by atoms with Gasteiger partial charge in [0.2, 0.25) is 0 Å². The van der Waals surface area contributed by atoms with E-state index in [0.29, 0.717) is 11.6 Å². The van der Waals surface area contributed by atoms with Crippen molar-refractivity contribution in [2.24, 2.45) is 0 Å². The number of aromatic nitrogens is 2. The number of nitrogens with one attached hydrogen (secondary N) is 1. The summed E-state index contributed by atoms with van der Waals surface area (Å²) in [6.45, 7) is 2.01. The first-order valence-corrected chi connectivity index (χ1v) is 6.96. The smallest absolute Gasteiger partial charge is 0.397 e. The van der Waals surface area contributed by atoms with Crippen LogP contribution in [0.2, 0.25) is 0 Å². The van der Waals surface area contributed by atoms with E-state index in [1.165, 1.54) is 25.0 Å². The van der Waals surface area contributed by atoms with E-state index in [-0.39, 0.29) is 11.6 Å². The van der Waals surface area contributed by atoms with Gasteiger partial charge in [-0.2, -0.15) is 5.12 Å². The normalized spacial score (nSPS) is 15.4.